The third-order valence-electron chi connectivity index (χ3n) is 4.25. The lowest BCUT2D eigenvalue weighted by Crippen LogP contribution is -2.12. The zero-order valence-corrected chi connectivity index (χ0v) is 16.0. The Kier molecular flexibility index (Phi) is 4.04. The van der Waals surface area contributed by atoms with E-state index in [9.17, 15) is 5.26 Å². The zero-order chi connectivity index (χ0) is 19.9. The highest BCUT2D eigenvalue weighted by atomic mass is 15.5. The Morgan fingerprint density at radius 1 is 1.11 bits per heavy atom. The molecule has 0 atom stereocenters. The molecule has 3 heterocycles. The number of azo groups is 1. The molecule has 1 aromatic carbocycles. The second-order valence-corrected chi connectivity index (χ2v) is 7.47. The van der Waals surface area contributed by atoms with Gasteiger partial charge in [-0.25, -0.2) is 0 Å². The van der Waals surface area contributed by atoms with Crippen molar-refractivity contribution in [1.82, 2.24) is 30.0 Å². The lowest BCUT2D eigenvalue weighted by Gasteiger charge is -2.14. The Balaban J connectivity index is 1.81. The van der Waals surface area contributed by atoms with Crippen LogP contribution in [0, 0.1) is 18.3 Å². The molecule has 2 N–H and O–H groups in total. The summed E-state index contributed by atoms with van der Waals surface area (Å²) in [6, 6.07) is 11.7. The summed E-state index contributed by atoms with van der Waals surface area (Å²) in [7, 11) is 0. The van der Waals surface area contributed by atoms with Crippen LogP contribution in [0.3, 0.4) is 0 Å². The molecule has 0 fully saturated rings. The number of benzene rings is 1. The maximum atomic E-state index is 9.62. The van der Waals surface area contributed by atoms with E-state index in [4.69, 9.17) is 0 Å². The number of H-pyrrole nitrogens is 2. The molecule has 4 rings (SSSR count). The predicted octanol–water partition coefficient (Wildman–Crippen LogP) is 4.34. The van der Waals surface area contributed by atoms with Gasteiger partial charge in [-0.3, -0.25) is 5.10 Å². The van der Waals surface area contributed by atoms with E-state index < -0.39 is 0 Å². The number of rotatable bonds is 3. The molecule has 0 bridgehead atoms. The largest absolute Gasteiger partial charge is 0.324 e. The minimum atomic E-state index is -0.252. The van der Waals surface area contributed by atoms with E-state index in [0.29, 0.717) is 28.4 Å². The van der Waals surface area contributed by atoms with Gasteiger partial charge in [0.2, 0.25) is 0 Å². The average Bonchev–Trinajstić information content (AvgIpc) is 3.32. The number of aryl methyl sites for hydroxylation is 1. The second kappa shape index (κ2) is 6.42. The minimum absolute atomic E-state index is 0.252. The van der Waals surface area contributed by atoms with Crippen LogP contribution >= 0.6 is 0 Å². The van der Waals surface area contributed by atoms with Crippen molar-refractivity contribution < 1.29 is 0 Å². The molecule has 9 heteroatoms. The van der Waals surface area contributed by atoms with Gasteiger partial charge in [-0.1, -0.05) is 51.1 Å². The van der Waals surface area contributed by atoms with Gasteiger partial charge < -0.3 is 4.98 Å². The van der Waals surface area contributed by atoms with Crippen molar-refractivity contribution in [2.24, 2.45) is 10.2 Å². The molecular weight excluding hydrogens is 354 g/mol. The highest BCUT2D eigenvalue weighted by molar-refractivity contribution is 5.72. The third kappa shape index (κ3) is 2.95. The monoisotopic (exact) mass is 373 g/mol. The van der Waals surface area contributed by atoms with Crippen LogP contribution in [0.4, 0.5) is 11.5 Å². The molecule has 3 aromatic heterocycles. The van der Waals surface area contributed by atoms with Crippen molar-refractivity contribution in [3.05, 3.63) is 47.4 Å². The first-order valence-corrected chi connectivity index (χ1v) is 8.80. The highest BCUT2D eigenvalue weighted by Gasteiger charge is 2.26. The number of nitrogens with zero attached hydrogens (tertiary/aromatic N) is 7. The fourth-order valence-corrected chi connectivity index (χ4v) is 2.93. The summed E-state index contributed by atoms with van der Waals surface area (Å²) in [6.45, 7) is 7.99. The number of nitriles is 1. The van der Waals surface area contributed by atoms with Crippen LogP contribution in [0.2, 0.25) is 0 Å². The first kappa shape index (κ1) is 17.6. The first-order chi connectivity index (χ1) is 13.4. The molecule has 0 radical (unpaired) electrons. The predicted molar refractivity (Wildman–Crippen MR) is 104 cm³/mol. The summed E-state index contributed by atoms with van der Waals surface area (Å²) in [5, 5.41) is 34.2. The maximum absolute atomic E-state index is 9.62. The molecule has 0 aliphatic rings. The van der Waals surface area contributed by atoms with Crippen LogP contribution in [0.15, 0.2) is 40.6 Å². The number of hydrogen-bond acceptors (Lipinski definition) is 6. The van der Waals surface area contributed by atoms with E-state index in [2.05, 4.69) is 41.7 Å². The van der Waals surface area contributed by atoms with Crippen LogP contribution in [-0.4, -0.2) is 30.0 Å². The minimum Gasteiger partial charge on any atom is -0.324 e. The standard InChI is InChI=1S/C19H19N9/c1-11-21-18-15(16(19(2,3)4)27-28(18)26-11)23-25-17-13(10-20)14(22-24-17)12-8-6-5-7-9-12/h5-9H,1-4H3,(H,21,26)(H,22,24)/b25-23+. The quantitative estimate of drug-likeness (QED) is 0.518. The van der Waals surface area contributed by atoms with Gasteiger partial charge in [-0.2, -0.15) is 15.5 Å². The Bertz CT molecular complexity index is 1210. The van der Waals surface area contributed by atoms with E-state index in [1.807, 2.05) is 58.0 Å². The molecule has 0 amide bonds. The molecule has 0 aliphatic carbocycles. The maximum Gasteiger partial charge on any atom is 0.189 e. The van der Waals surface area contributed by atoms with E-state index in [1.165, 1.54) is 4.63 Å². The summed E-state index contributed by atoms with van der Waals surface area (Å²) in [6.07, 6.45) is 0. The summed E-state index contributed by atoms with van der Waals surface area (Å²) in [5.41, 5.74) is 3.49. The Morgan fingerprint density at radius 3 is 2.54 bits per heavy atom. The number of aromatic nitrogens is 6. The van der Waals surface area contributed by atoms with Crippen LogP contribution in [-0.2, 0) is 5.41 Å². The van der Waals surface area contributed by atoms with Crippen molar-refractivity contribution in [2.75, 3.05) is 0 Å². The number of nitrogens with one attached hydrogen (secondary N) is 2. The molecule has 0 saturated carbocycles. The van der Waals surface area contributed by atoms with Crippen LogP contribution < -0.4 is 0 Å². The molecule has 140 valence electrons. The molecule has 0 spiro atoms. The van der Waals surface area contributed by atoms with E-state index in [0.717, 1.165) is 17.1 Å². The molecule has 4 aromatic rings. The molecule has 28 heavy (non-hydrogen) atoms. The lowest BCUT2D eigenvalue weighted by molar-refractivity contribution is 0.557. The van der Waals surface area contributed by atoms with Crippen LogP contribution in [0.25, 0.3) is 16.9 Å². The van der Waals surface area contributed by atoms with Gasteiger partial charge in [0.05, 0.1) is 5.69 Å². The van der Waals surface area contributed by atoms with Gasteiger partial charge in [0, 0.05) is 11.0 Å². The fraction of sp³-hybridized carbons (Fsp3) is 0.263. The number of fused-ring (bicyclic) bond motifs is 1. The number of hydrogen-bond donors (Lipinski definition) is 2. The Hall–Kier alpha value is -3.80. The summed E-state index contributed by atoms with van der Waals surface area (Å²) >= 11 is 0. The first-order valence-electron chi connectivity index (χ1n) is 8.80. The topological polar surface area (TPSA) is 123 Å². The second-order valence-electron chi connectivity index (χ2n) is 7.47. The van der Waals surface area contributed by atoms with Crippen molar-refractivity contribution in [3.8, 4) is 17.3 Å². The van der Waals surface area contributed by atoms with Crippen molar-refractivity contribution in [3.63, 3.8) is 0 Å². The smallest absolute Gasteiger partial charge is 0.189 e. The van der Waals surface area contributed by atoms with Crippen molar-refractivity contribution in [2.45, 2.75) is 33.1 Å². The molecule has 0 saturated heterocycles. The fourth-order valence-electron chi connectivity index (χ4n) is 2.93. The average molecular weight is 373 g/mol. The Morgan fingerprint density at radius 2 is 1.86 bits per heavy atom. The van der Waals surface area contributed by atoms with E-state index >= 15 is 0 Å². The van der Waals surface area contributed by atoms with Gasteiger partial charge in [-0.05, 0) is 6.92 Å². The van der Waals surface area contributed by atoms with Gasteiger partial charge in [0.25, 0.3) is 0 Å². The van der Waals surface area contributed by atoms with Gasteiger partial charge in [0.1, 0.15) is 23.2 Å². The molecule has 0 aliphatic heterocycles. The Labute approximate surface area is 161 Å². The van der Waals surface area contributed by atoms with Gasteiger partial charge in [0.15, 0.2) is 17.2 Å². The van der Waals surface area contributed by atoms with Crippen LogP contribution in [0.5, 0.6) is 0 Å². The van der Waals surface area contributed by atoms with Crippen molar-refractivity contribution >= 4 is 17.2 Å². The van der Waals surface area contributed by atoms with Crippen molar-refractivity contribution in [1.29, 1.82) is 5.26 Å². The van der Waals surface area contributed by atoms with Gasteiger partial charge in [-0.15, -0.1) is 20.0 Å². The highest BCUT2D eigenvalue weighted by Crippen LogP contribution is 2.35. The van der Waals surface area contributed by atoms with E-state index in [-0.39, 0.29) is 5.41 Å². The molecular formula is C19H19N9. The molecule has 0 unspecified atom stereocenters. The lowest BCUT2D eigenvalue weighted by atomic mass is 9.91. The SMILES string of the molecule is Cc1nn2nc(C(C)(C)C)c(/N=N/c3[nH]nc(-c4ccccc4)c3C#N)c2[nH]1. The molecule has 9 nitrogen and oxygen atoms in total. The normalized spacial score (nSPS) is 12.1. The van der Waals surface area contributed by atoms with E-state index in [1.54, 1.807) is 0 Å². The summed E-state index contributed by atoms with van der Waals surface area (Å²) in [4.78, 5) is 3.16. The van der Waals surface area contributed by atoms with Gasteiger partial charge >= 0.3 is 0 Å². The zero-order valence-electron chi connectivity index (χ0n) is 16.0. The third-order valence-corrected chi connectivity index (χ3v) is 4.25. The summed E-state index contributed by atoms with van der Waals surface area (Å²) in [5.74, 6) is 1.03. The summed E-state index contributed by atoms with van der Waals surface area (Å²) < 4.78 is 1.53. The van der Waals surface area contributed by atoms with Crippen LogP contribution in [0.1, 0.15) is 37.9 Å². The number of aromatic amines is 2.